The first kappa shape index (κ1) is 17.9. The van der Waals surface area contributed by atoms with Gasteiger partial charge in [0.2, 0.25) is 0 Å². The first-order chi connectivity index (χ1) is 13.8. The first-order valence-electron chi connectivity index (χ1n) is 9.23. The summed E-state index contributed by atoms with van der Waals surface area (Å²) in [5.41, 5.74) is 2.97. The van der Waals surface area contributed by atoms with E-state index in [1.165, 1.54) is 5.56 Å². The first-order valence-corrected chi connectivity index (χ1v) is 9.23. The summed E-state index contributed by atoms with van der Waals surface area (Å²) in [6, 6.07) is 18.2. The Morgan fingerprint density at radius 2 is 1.79 bits per heavy atom. The molecule has 0 saturated carbocycles. The predicted molar refractivity (Wildman–Crippen MR) is 108 cm³/mol. The molecule has 140 valence electrons. The van der Waals surface area contributed by atoms with E-state index in [1.807, 2.05) is 35.0 Å². The number of benzene rings is 2. The van der Waals surface area contributed by atoms with Crippen LogP contribution in [0.5, 0.6) is 5.75 Å². The van der Waals surface area contributed by atoms with Crippen LogP contribution >= 0.6 is 0 Å². The van der Waals surface area contributed by atoms with E-state index in [0.717, 1.165) is 42.2 Å². The molecule has 0 fully saturated rings. The normalized spacial score (nSPS) is 10.8. The number of ether oxygens (including phenoxy) is 1. The van der Waals surface area contributed by atoms with Gasteiger partial charge < -0.3 is 4.74 Å². The van der Waals surface area contributed by atoms with E-state index in [-0.39, 0.29) is 0 Å². The fourth-order valence-corrected chi connectivity index (χ4v) is 3.04. The molecule has 0 unspecified atom stereocenters. The van der Waals surface area contributed by atoms with Crippen molar-refractivity contribution in [3.05, 3.63) is 78.8 Å². The summed E-state index contributed by atoms with van der Waals surface area (Å²) >= 11 is 0. The molecule has 6 nitrogen and oxygen atoms in total. The number of hydrogen-bond acceptors (Lipinski definition) is 5. The summed E-state index contributed by atoms with van der Waals surface area (Å²) in [5.74, 6) is 2.20. The number of rotatable bonds is 7. The van der Waals surface area contributed by atoms with Crippen molar-refractivity contribution in [2.75, 3.05) is 7.11 Å². The van der Waals surface area contributed by atoms with Crippen LogP contribution in [0.2, 0.25) is 0 Å². The van der Waals surface area contributed by atoms with Crippen LogP contribution in [0.1, 0.15) is 12.0 Å². The highest BCUT2D eigenvalue weighted by Gasteiger charge is 2.14. The predicted octanol–water partition coefficient (Wildman–Crippen LogP) is 4.04. The lowest BCUT2D eigenvalue weighted by atomic mass is 10.1. The Morgan fingerprint density at radius 3 is 2.50 bits per heavy atom. The summed E-state index contributed by atoms with van der Waals surface area (Å²) in [4.78, 5) is 13.3. The zero-order valence-electron chi connectivity index (χ0n) is 15.7. The molecule has 0 atom stereocenters. The van der Waals surface area contributed by atoms with Crippen molar-refractivity contribution in [1.82, 2.24) is 24.7 Å². The molecule has 2 aromatic carbocycles. The minimum Gasteiger partial charge on any atom is -0.497 e. The maximum Gasteiger partial charge on any atom is 0.181 e. The standard InChI is InChI=1S/C22H21N5O/c1-28-19-11-9-18(10-12-19)21-25-22(20-16-23-13-14-24-20)27(26-21)15-5-8-17-6-3-2-4-7-17/h2-4,6-7,9-14,16H,5,8,15H2,1H3. The fourth-order valence-electron chi connectivity index (χ4n) is 3.04. The Bertz CT molecular complexity index is 1010. The summed E-state index contributed by atoms with van der Waals surface area (Å²) in [7, 11) is 1.65. The number of aromatic nitrogens is 5. The molecule has 0 saturated heterocycles. The quantitative estimate of drug-likeness (QED) is 0.490. The van der Waals surface area contributed by atoms with Crippen molar-refractivity contribution in [3.8, 4) is 28.7 Å². The van der Waals surface area contributed by atoms with Crippen molar-refractivity contribution in [3.63, 3.8) is 0 Å². The maximum absolute atomic E-state index is 5.23. The number of nitrogens with zero attached hydrogens (tertiary/aromatic N) is 5. The van der Waals surface area contributed by atoms with Gasteiger partial charge in [-0.1, -0.05) is 30.3 Å². The van der Waals surface area contributed by atoms with E-state index in [1.54, 1.807) is 25.7 Å². The zero-order valence-corrected chi connectivity index (χ0v) is 15.7. The average Bonchev–Trinajstić information content (AvgIpc) is 3.19. The largest absolute Gasteiger partial charge is 0.497 e. The minimum absolute atomic E-state index is 0.669. The lowest BCUT2D eigenvalue weighted by molar-refractivity contribution is 0.415. The minimum atomic E-state index is 0.669. The third kappa shape index (κ3) is 4.06. The number of aryl methyl sites for hydroxylation is 2. The van der Waals surface area contributed by atoms with E-state index in [9.17, 15) is 0 Å². The smallest absolute Gasteiger partial charge is 0.181 e. The second-order valence-electron chi connectivity index (χ2n) is 6.39. The van der Waals surface area contributed by atoms with Gasteiger partial charge in [0.05, 0.1) is 13.3 Å². The molecule has 0 aliphatic rings. The van der Waals surface area contributed by atoms with Crippen LogP contribution in [0.25, 0.3) is 22.9 Å². The molecule has 0 aliphatic heterocycles. The lowest BCUT2D eigenvalue weighted by Gasteiger charge is -2.05. The molecule has 6 heteroatoms. The monoisotopic (exact) mass is 371 g/mol. The molecule has 0 amide bonds. The van der Waals surface area contributed by atoms with Crippen molar-refractivity contribution < 1.29 is 4.74 Å². The molecule has 0 radical (unpaired) electrons. The third-order valence-corrected chi connectivity index (χ3v) is 4.49. The van der Waals surface area contributed by atoms with Crippen LogP contribution < -0.4 is 4.74 Å². The molecule has 4 rings (SSSR count). The summed E-state index contributed by atoms with van der Waals surface area (Å²) in [6.07, 6.45) is 6.99. The van der Waals surface area contributed by atoms with Gasteiger partial charge in [0.15, 0.2) is 11.6 Å². The van der Waals surface area contributed by atoms with Gasteiger partial charge in [0.25, 0.3) is 0 Å². The van der Waals surface area contributed by atoms with Gasteiger partial charge in [-0.05, 0) is 42.7 Å². The molecule has 28 heavy (non-hydrogen) atoms. The fraction of sp³-hybridized carbons (Fsp3) is 0.182. The van der Waals surface area contributed by atoms with Gasteiger partial charge in [-0.2, -0.15) is 5.10 Å². The molecule has 2 aromatic heterocycles. The maximum atomic E-state index is 5.23. The Morgan fingerprint density at radius 1 is 0.964 bits per heavy atom. The molecule has 0 N–H and O–H groups in total. The SMILES string of the molecule is COc1ccc(-c2nc(-c3cnccn3)n(CCCc3ccccc3)n2)cc1. The van der Waals surface area contributed by atoms with Crippen LogP contribution in [0.4, 0.5) is 0 Å². The second kappa shape index (κ2) is 8.43. The number of hydrogen-bond donors (Lipinski definition) is 0. The molecule has 0 aliphatic carbocycles. The molecule has 2 heterocycles. The van der Waals surface area contributed by atoms with E-state index in [2.05, 4.69) is 34.2 Å². The van der Waals surface area contributed by atoms with E-state index >= 15 is 0 Å². The molecular weight excluding hydrogens is 350 g/mol. The summed E-state index contributed by atoms with van der Waals surface area (Å²) < 4.78 is 7.16. The van der Waals surface area contributed by atoms with Crippen molar-refractivity contribution in [2.45, 2.75) is 19.4 Å². The highest BCUT2D eigenvalue weighted by atomic mass is 16.5. The van der Waals surface area contributed by atoms with Crippen molar-refractivity contribution >= 4 is 0 Å². The third-order valence-electron chi connectivity index (χ3n) is 4.49. The van der Waals surface area contributed by atoms with Crippen molar-refractivity contribution in [1.29, 1.82) is 0 Å². The Labute approximate surface area is 163 Å². The van der Waals surface area contributed by atoms with Gasteiger partial charge in [-0.3, -0.25) is 4.98 Å². The van der Waals surface area contributed by atoms with Crippen molar-refractivity contribution in [2.24, 2.45) is 0 Å². The van der Waals surface area contributed by atoms with Gasteiger partial charge in [-0.25, -0.2) is 14.6 Å². The average molecular weight is 371 g/mol. The Hall–Kier alpha value is -3.54. The zero-order chi connectivity index (χ0) is 19.2. The topological polar surface area (TPSA) is 65.7 Å². The van der Waals surface area contributed by atoms with Crippen LogP contribution in [0.3, 0.4) is 0 Å². The van der Waals surface area contributed by atoms with Gasteiger partial charge in [0.1, 0.15) is 11.4 Å². The highest BCUT2D eigenvalue weighted by Crippen LogP contribution is 2.23. The Kier molecular flexibility index (Phi) is 5.38. The molecular formula is C22H21N5O. The van der Waals surface area contributed by atoms with E-state index in [4.69, 9.17) is 14.8 Å². The van der Waals surface area contributed by atoms with Crippen LogP contribution in [-0.2, 0) is 13.0 Å². The Balaban J connectivity index is 1.60. The van der Waals surface area contributed by atoms with Gasteiger partial charge >= 0.3 is 0 Å². The molecule has 0 spiro atoms. The van der Waals surface area contributed by atoms with Crippen LogP contribution in [0, 0.1) is 0 Å². The van der Waals surface area contributed by atoms with E-state index < -0.39 is 0 Å². The summed E-state index contributed by atoms with van der Waals surface area (Å²) in [6.45, 7) is 0.754. The summed E-state index contributed by atoms with van der Waals surface area (Å²) in [5, 5.41) is 4.74. The lowest BCUT2D eigenvalue weighted by Crippen LogP contribution is -2.05. The van der Waals surface area contributed by atoms with Gasteiger partial charge in [-0.15, -0.1) is 0 Å². The highest BCUT2D eigenvalue weighted by molar-refractivity contribution is 5.60. The van der Waals surface area contributed by atoms with Crippen LogP contribution in [0.15, 0.2) is 73.2 Å². The second-order valence-corrected chi connectivity index (χ2v) is 6.39. The number of methoxy groups -OCH3 is 1. The van der Waals surface area contributed by atoms with Crippen LogP contribution in [-0.4, -0.2) is 31.8 Å². The van der Waals surface area contributed by atoms with Gasteiger partial charge in [0, 0.05) is 24.5 Å². The molecule has 4 aromatic rings. The van der Waals surface area contributed by atoms with E-state index in [0.29, 0.717) is 5.82 Å². The molecule has 0 bridgehead atoms.